The fourth-order valence-electron chi connectivity index (χ4n) is 1.93. The minimum Gasteiger partial charge on any atom is -0.384 e. The molecule has 0 amide bonds. The molecule has 0 saturated heterocycles. The summed E-state index contributed by atoms with van der Waals surface area (Å²) in [7, 11) is 0. The number of amidine groups is 1. The zero-order valence-corrected chi connectivity index (χ0v) is 11.5. The highest BCUT2D eigenvalue weighted by atomic mass is 32.2. The molecule has 0 atom stereocenters. The van der Waals surface area contributed by atoms with Gasteiger partial charge in [0.15, 0.2) is 5.65 Å². The van der Waals surface area contributed by atoms with Gasteiger partial charge < -0.3 is 10.7 Å². The van der Waals surface area contributed by atoms with E-state index in [0.29, 0.717) is 5.65 Å². The molecule has 7 heteroatoms. The van der Waals surface area contributed by atoms with Crippen LogP contribution in [0.15, 0.2) is 40.8 Å². The number of imidazole rings is 1. The molecule has 0 unspecified atom stereocenters. The van der Waals surface area contributed by atoms with Crippen molar-refractivity contribution >= 4 is 28.8 Å². The highest BCUT2D eigenvalue weighted by Gasteiger charge is 2.09. The molecule has 0 aliphatic rings. The summed E-state index contributed by atoms with van der Waals surface area (Å²) in [5, 5.41) is 8.31. The number of fused-ring (bicyclic) bond motifs is 1. The number of nitrogens with one attached hydrogen (secondary N) is 2. The maximum atomic E-state index is 7.49. The fourth-order valence-corrected chi connectivity index (χ4v) is 2.88. The summed E-state index contributed by atoms with van der Waals surface area (Å²) in [6.45, 7) is 1.94. The lowest BCUT2D eigenvalue weighted by Gasteiger charge is -2.07. The smallest absolute Gasteiger partial charge is 0.181 e. The third-order valence-corrected chi connectivity index (χ3v) is 3.88. The maximum Gasteiger partial charge on any atom is 0.181 e. The van der Waals surface area contributed by atoms with Gasteiger partial charge in [0.1, 0.15) is 22.7 Å². The Morgan fingerprint density at radius 3 is 2.90 bits per heavy atom. The number of aryl methyl sites for hydroxylation is 1. The second-order valence-corrected chi connectivity index (χ2v) is 5.33. The van der Waals surface area contributed by atoms with E-state index in [2.05, 4.69) is 19.9 Å². The number of hydrogen-bond acceptors (Lipinski definition) is 5. The number of rotatable bonds is 3. The van der Waals surface area contributed by atoms with Crippen molar-refractivity contribution in [2.75, 3.05) is 0 Å². The zero-order valence-electron chi connectivity index (χ0n) is 10.7. The Hall–Kier alpha value is -2.41. The van der Waals surface area contributed by atoms with Crippen LogP contribution < -0.4 is 5.73 Å². The van der Waals surface area contributed by atoms with Crippen molar-refractivity contribution in [2.24, 2.45) is 5.73 Å². The van der Waals surface area contributed by atoms with Crippen LogP contribution in [-0.2, 0) is 0 Å². The number of nitrogens with two attached hydrogens (primary N) is 1. The number of aromatic nitrogens is 4. The summed E-state index contributed by atoms with van der Waals surface area (Å²) in [5.41, 5.74) is 8.72. The molecule has 0 fully saturated rings. The van der Waals surface area contributed by atoms with Gasteiger partial charge in [0.05, 0.1) is 6.33 Å². The van der Waals surface area contributed by atoms with Crippen molar-refractivity contribution in [1.82, 2.24) is 19.9 Å². The van der Waals surface area contributed by atoms with Gasteiger partial charge in [-0.05, 0) is 30.7 Å². The first-order chi connectivity index (χ1) is 9.65. The van der Waals surface area contributed by atoms with E-state index in [4.69, 9.17) is 11.1 Å². The number of H-pyrrole nitrogens is 1. The van der Waals surface area contributed by atoms with Crippen molar-refractivity contribution < 1.29 is 0 Å². The van der Waals surface area contributed by atoms with Crippen molar-refractivity contribution in [3.8, 4) is 0 Å². The van der Waals surface area contributed by atoms with Crippen LogP contribution in [0.2, 0.25) is 0 Å². The lowest BCUT2D eigenvalue weighted by molar-refractivity contribution is 1.08. The van der Waals surface area contributed by atoms with Crippen LogP contribution in [0, 0.1) is 12.3 Å². The van der Waals surface area contributed by atoms with Gasteiger partial charge in [0.25, 0.3) is 0 Å². The molecule has 1 aromatic carbocycles. The number of nitrogens with zero attached hydrogens (tertiary/aromatic N) is 3. The van der Waals surface area contributed by atoms with Gasteiger partial charge in [-0.3, -0.25) is 5.41 Å². The number of aromatic amines is 1. The standard InChI is InChI=1S/C13H12N6S/c1-7-4-8(2-3-9(7)11(14)15)20-13-10-12(17-5-16-10)18-6-19-13/h2-6H,1H3,(H3,14,15)(H,16,17,18,19). The molecule has 0 saturated carbocycles. The van der Waals surface area contributed by atoms with E-state index in [0.717, 1.165) is 26.6 Å². The second-order valence-electron chi connectivity index (χ2n) is 4.27. The number of nitrogen functional groups attached to an aromatic ring is 1. The van der Waals surface area contributed by atoms with Gasteiger partial charge in [-0.25, -0.2) is 15.0 Å². The van der Waals surface area contributed by atoms with E-state index in [1.54, 1.807) is 6.33 Å². The lowest BCUT2D eigenvalue weighted by Crippen LogP contribution is -2.12. The summed E-state index contributed by atoms with van der Waals surface area (Å²) >= 11 is 1.52. The van der Waals surface area contributed by atoms with Crippen LogP contribution in [0.3, 0.4) is 0 Å². The molecule has 4 N–H and O–H groups in total. The SMILES string of the molecule is Cc1cc(Sc2ncnc3nc[nH]c23)ccc1C(=N)N. The quantitative estimate of drug-likeness (QED) is 0.388. The topological polar surface area (TPSA) is 104 Å². The maximum absolute atomic E-state index is 7.49. The van der Waals surface area contributed by atoms with E-state index < -0.39 is 0 Å². The Kier molecular flexibility index (Phi) is 3.11. The van der Waals surface area contributed by atoms with Gasteiger partial charge >= 0.3 is 0 Å². The van der Waals surface area contributed by atoms with Crippen LogP contribution in [0.25, 0.3) is 11.2 Å². The minimum atomic E-state index is 0.0806. The summed E-state index contributed by atoms with van der Waals surface area (Å²) in [6.07, 6.45) is 3.11. The first-order valence-corrected chi connectivity index (χ1v) is 6.74. The van der Waals surface area contributed by atoms with Gasteiger partial charge in [-0.2, -0.15) is 0 Å². The van der Waals surface area contributed by atoms with Gasteiger partial charge in [-0.15, -0.1) is 0 Å². The zero-order chi connectivity index (χ0) is 14.1. The van der Waals surface area contributed by atoms with E-state index in [-0.39, 0.29) is 5.84 Å². The molecule has 0 bridgehead atoms. The monoisotopic (exact) mass is 284 g/mol. The third-order valence-electron chi connectivity index (χ3n) is 2.89. The summed E-state index contributed by atoms with van der Waals surface area (Å²) < 4.78 is 0. The lowest BCUT2D eigenvalue weighted by atomic mass is 10.1. The van der Waals surface area contributed by atoms with Gasteiger partial charge in [-0.1, -0.05) is 11.8 Å². The third kappa shape index (κ3) is 2.23. The highest BCUT2D eigenvalue weighted by molar-refractivity contribution is 7.99. The molecule has 2 aromatic heterocycles. The summed E-state index contributed by atoms with van der Waals surface area (Å²) in [4.78, 5) is 16.5. The van der Waals surface area contributed by atoms with Crippen molar-refractivity contribution in [1.29, 1.82) is 5.41 Å². The van der Waals surface area contributed by atoms with E-state index in [1.165, 1.54) is 18.1 Å². The van der Waals surface area contributed by atoms with Crippen LogP contribution in [-0.4, -0.2) is 25.8 Å². The Bertz CT molecular complexity index is 794. The van der Waals surface area contributed by atoms with Gasteiger partial charge in [0.2, 0.25) is 0 Å². The molecular formula is C13H12N6S. The molecule has 3 rings (SSSR count). The average molecular weight is 284 g/mol. The number of benzene rings is 1. The summed E-state index contributed by atoms with van der Waals surface area (Å²) in [5.74, 6) is 0.0806. The largest absolute Gasteiger partial charge is 0.384 e. The molecule has 6 nitrogen and oxygen atoms in total. The molecule has 100 valence electrons. The fraction of sp³-hybridized carbons (Fsp3) is 0.0769. The average Bonchev–Trinajstić information content (AvgIpc) is 2.87. The molecule has 0 aliphatic heterocycles. The highest BCUT2D eigenvalue weighted by Crippen LogP contribution is 2.30. The minimum absolute atomic E-state index is 0.0806. The predicted molar refractivity (Wildman–Crippen MR) is 78.0 cm³/mol. The normalized spacial score (nSPS) is 10.8. The Morgan fingerprint density at radius 1 is 1.30 bits per heavy atom. The molecule has 0 aliphatic carbocycles. The van der Waals surface area contributed by atoms with Gasteiger partial charge in [0, 0.05) is 10.5 Å². The molecular weight excluding hydrogens is 272 g/mol. The van der Waals surface area contributed by atoms with Crippen molar-refractivity contribution in [3.05, 3.63) is 42.0 Å². The molecule has 0 radical (unpaired) electrons. The molecule has 0 spiro atoms. The van der Waals surface area contributed by atoms with E-state index in [1.807, 2.05) is 25.1 Å². The predicted octanol–water partition coefficient (Wildman–Crippen LogP) is 2.10. The number of hydrogen-bond donors (Lipinski definition) is 3. The van der Waals surface area contributed by atoms with Crippen LogP contribution in [0.4, 0.5) is 0 Å². The Morgan fingerprint density at radius 2 is 2.15 bits per heavy atom. The van der Waals surface area contributed by atoms with Crippen molar-refractivity contribution in [3.63, 3.8) is 0 Å². The first-order valence-electron chi connectivity index (χ1n) is 5.92. The van der Waals surface area contributed by atoms with E-state index >= 15 is 0 Å². The Labute approximate surface area is 119 Å². The van der Waals surface area contributed by atoms with E-state index in [9.17, 15) is 0 Å². The van der Waals surface area contributed by atoms with Crippen LogP contribution >= 0.6 is 11.8 Å². The Balaban J connectivity index is 1.97. The molecule has 3 aromatic rings. The molecule has 20 heavy (non-hydrogen) atoms. The second kappa shape index (κ2) is 4.93. The van der Waals surface area contributed by atoms with Crippen LogP contribution in [0.1, 0.15) is 11.1 Å². The van der Waals surface area contributed by atoms with Crippen LogP contribution in [0.5, 0.6) is 0 Å². The first kappa shape index (κ1) is 12.6. The molecule has 2 heterocycles. The van der Waals surface area contributed by atoms with Crippen molar-refractivity contribution in [2.45, 2.75) is 16.8 Å². The summed E-state index contributed by atoms with van der Waals surface area (Å²) in [6, 6.07) is 5.77.